The molecule has 0 saturated carbocycles. The summed E-state index contributed by atoms with van der Waals surface area (Å²) in [6, 6.07) is 3.39. The number of nitrogens with two attached hydrogens (primary N) is 1. The second-order valence-corrected chi connectivity index (χ2v) is 6.59. The van der Waals surface area contributed by atoms with Crippen LogP contribution in [0.15, 0.2) is 18.2 Å². The number of nitrogens with zero attached hydrogens (tertiary/aromatic N) is 1. The average Bonchev–Trinajstić information content (AvgIpc) is 2.46. The van der Waals surface area contributed by atoms with Crippen molar-refractivity contribution < 1.29 is 27.1 Å². The Hall–Kier alpha value is -1.24. The standard InChI is InChI=1S/C14H17F4N2O2P/c15-11-7-9(1-2-12(11)23-14(16,17)18)10(13(19)21)8-20-3-5-22-6-4-20/h1-2,7,10,23H,3-6,8H2,(H2,19,21)/t10-/m1/s1. The van der Waals surface area contributed by atoms with Gasteiger partial charge in [0.2, 0.25) is 5.91 Å². The third-order valence-corrected chi connectivity index (χ3v) is 4.52. The van der Waals surface area contributed by atoms with Crippen molar-refractivity contribution in [3.8, 4) is 0 Å². The van der Waals surface area contributed by atoms with Gasteiger partial charge in [0.1, 0.15) is 5.82 Å². The Bertz CT molecular complexity index is 562. The number of primary amides is 1. The fraction of sp³-hybridized carbons (Fsp3) is 0.500. The van der Waals surface area contributed by atoms with E-state index >= 15 is 0 Å². The van der Waals surface area contributed by atoms with Crippen LogP contribution in [-0.2, 0) is 9.53 Å². The molecular formula is C14H17F4N2O2P. The van der Waals surface area contributed by atoms with Crippen LogP contribution in [0.25, 0.3) is 0 Å². The molecule has 0 aromatic heterocycles. The Balaban J connectivity index is 2.15. The molecule has 1 aliphatic rings. The van der Waals surface area contributed by atoms with Crippen molar-refractivity contribution in [2.75, 3.05) is 32.8 Å². The number of halogens is 4. The minimum atomic E-state index is -4.46. The first-order valence-corrected chi connectivity index (χ1v) is 8.00. The molecule has 0 aliphatic carbocycles. The molecule has 1 aliphatic heterocycles. The van der Waals surface area contributed by atoms with E-state index in [-0.39, 0.29) is 5.56 Å². The molecule has 1 aromatic rings. The van der Waals surface area contributed by atoms with E-state index in [0.29, 0.717) is 32.8 Å². The highest BCUT2D eigenvalue weighted by molar-refractivity contribution is 7.48. The van der Waals surface area contributed by atoms with Gasteiger partial charge in [-0.15, -0.1) is 0 Å². The van der Waals surface area contributed by atoms with Gasteiger partial charge >= 0.3 is 5.92 Å². The summed E-state index contributed by atoms with van der Waals surface area (Å²) in [4.78, 5) is 13.6. The first kappa shape index (κ1) is 18.1. The smallest absolute Gasteiger partial charge is 0.379 e. The molecule has 1 aromatic carbocycles. The molecule has 9 heteroatoms. The van der Waals surface area contributed by atoms with Crippen molar-refractivity contribution >= 4 is 19.8 Å². The predicted octanol–water partition coefficient (Wildman–Crippen LogP) is 1.55. The Morgan fingerprint density at radius 3 is 2.52 bits per heavy atom. The molecule has 1 heterocycles. The van der Waals surface area contributed by atoms with Crippen molar-refractivity contribution in [3.05, 3.63) is 29.6 Å². The molecule has 4 nitrogen and oxygen atoms in total. The number of hydrogen-bond acceptors (Lipinski definition) is 3. The molecule has 1 saturated heterocycles. The third kappa shape index (κ3) is 5.41. The van der Waals surface area contributed by atoms with E-state index in [2.05, 4.69) is 0 Å². The number of amides is 1. The van der Waals surface area contributed by atoms with Crippen molar-refractivity contribution in [2.24, 2.45) is 5.73 Å². The lowest BCUT2D eigenvalue weighted by Gasteiger charge is -2.29. The van der Waals surface area contributed by atoms with Gasteiger partial charge in [0.15, 0.2) is 0 Å². The highest BCUT2D eigenvalue weighted by Gasteiger charge is 2.30. The van der Waals surface area contributed by atoms with Gasteiger partial charge in [-0.25, -0.2) is 4.39 Å². The molecule has 0 bridgehead atoms. The summed E-state index contributed by atoms with van der Waals surface area (Å²) < 4.78 is 56.2. The molecule has 128 valence electrons. The first-order chi connectivity index (χ1) is 10.8. The second kappa shape index (κ2) is 7.55. The number of benzene rings is 1. The van der Waals surface area contributed by atoms with Crippen LogP contribution >= 0.6 is 8.58 Å². The maximum absolute atomic E-state index is 13.9. The van der Waals surface area contributed by atoms with Crippen LogP contribution < -0.4 is 11.0 Å². The fourth-order valence-electron chi connectivity index (χ4n) is 2.40. The highest BCUT2D eigenvalue weighted by atomic mass is 31.1. The summed E-state index contributed by atoms with van der Waals surface area (Å²) in [7, 11) is -1.62. The summed E-state index contributed by atoms with van der Waals surface area (Å²) in [5.41, 5.74) is 5.67. The van der Waals surface area contributed by atoms with E-state index in [1.165, 1.54) is 6.07 Å². The predicted molar refractivity (Wildman–Crippen MR) is 79.6 cm³/mol. The maximum Gasteiger partial charge on any atom is 0.406 e. The van der Waals surface area contributed by atoms with Crippen molar-refractivity contribution in [3.63, 3.8) is 0 Å². The molecule has 23 heavy (non-hydrogen) atoms. The number of carbonyl (C=O) groups is 1. The number of ether oxygens (including phenoxy) is 1. The topological polar surface area (TPSA) is 55.6 Å². The van der Waals surface area contributed by atoms with Gasteiger partial charge in [-0.05, 0) is 11.6 Å². The Labute approximate surface area is 132 Å². The van der Waals surface area contributed by atoms with Gasteiger partial charge in [-0.3, -0.25) is 9.69 Å². The minimum absolute atomic E-state index is 0.289. The number of hydrogen-bond donors (Lipinski definition) is 1. The molecule has 0 spiro atoms. The van der Waals surface area contributed by atoms with Gasteiger partial charge in [0.25, 0.3) is 0 Å². The highest BCUT2D eigenvalue weighted by Crippen LogP contribution is 2.36. The van der Waals surface area contributed by atoms with E-state index in [4.69, 9.17) is 10.5 Å². The fourth-order valence-corrected chi connectivity index (χ4v) is 3.07. The third-order valence-electron chi connectivity index (χ3n) is 3.56. The lowest BCUT2D eigenvalue weighted by Crippen LogP contribution is -2.41. The molecular weight excluding hydrogens is 335 g/mol. The summed E-state index contributed by atoms with van der Waals surface area (Å²) in [5, 5.41) is -0.421. The van der Waals surface area contributed by atoms with Crippen molar-refractivity contribution in [2.45, 2.75) is 11.8 Å². The van der Waals surface area contributed by atoms with Gasteiger partial charge in [0, 0.05) is 33.5 Å². The van der Waals surface area contributed by atoms with Crippen LogP contribution in [0, 0.1) is 5.82 Å². The quantitative estimate of drug-likeness (QED) is 0.646. The molecule has 1 unspecified atom stereocenters. The summed E-state index contributed by atoms with van der Waals surface area (Å²) in [6.07, 6.45) is 0. The monoisotopic (exact) mass is 352 g/mol. The second-order valence-electron chi connectivity index (χ2n) is 5.23. The van der Waals surface area contributed by atoms with E-state index < -0.39 is 37.4 Å². The van der Waals surface area contributed by atoms with E-state index in [0.717, 1.165) is 12.1 Å². The SMILES string of the molecule is NC(=O)[C@H](CN1CCOCC1)c1ccc(PC(F)(F)F)c(F)c1. The van der Waals surface area contributed by atoms with Gasteiger partial charge in [-0.2, -0.15) is 13.2 Å². The molecule has 2 N–H and O–H groups in total. The number of carbonyl (C=O) groups excluding carboxylic acids is 1. The van der Waals surface area contributed by atoms with Crippen LogP contribution in [0.3, 0.4) is 0 Å². The van der Waals surface area contributed by atoms with Crippen LogP contribution in [0.1, 0.15) is 11.5 Å². The number of alkyl halides is 3. The summed E-state index contributed by atoms with van der Waals surface area (Å²) in [5.74, 6) is -6.83. The number of rotatable bonds is 5. The minimum Gasteiger partial charge on any atom is -0.379 e. The molecule has 1 amide bonds. The Morgan fingerprint density at radius 1 is 1.35 bits per heavy atom. The maximum atomic E-state index is 13.9. The summed E-state index contributed by atoms with van der Waals surface area (Å²) >= 11 is 0. The van der Waals surface area contributed by atoms with Crippen molar-refractivity contribution in [1.29, 1.82) is 0 Å². The normalized spacial score (nSPS) is 18.4. The Morgan fingerprint density at radius 2 is 2.00 bits per heavy atom. The van der Waals surface area contributed by atoms with Crippen molar-refractivity contribution in [1.82, 2.24) is 4.90 Å². The van der Waals surface area contributed by atoms with Crippen LogP contribution in [0.2, 0.25) is 0 Å². The molecule has 1 fully saturated rings. The zero-order valence-corrected chi connectivity index (χ0v) is 13.2. The van der Waals surface area contributed by atoms with E-state index in [9.17, 15) is 22.4 Å². The van der Waals surface area contributed by atoms with Gasteiger partial charge < -0.3 is 10.5 Å². The first-order valence-electron chi connectivity index (χ1n) is 7.00. The Kier molecular flexibility index (Phi) is 5.95. The molecule has 0 radical (unpaired) electrons. The van der Waals surface area contributed by atoms with E-state index in [1.54, 1.807) is 0 Å². The molecule has 2 atom stereocenters. The average molecular weight is 352 g/mol. The number of morpholine rings is 1. The lowest BCUT2D eigenvalue weighted by molar-refractivity contribution is -0.120. The molecule has 2 rings (SSSR count). The zero-order chi connectivity index (χ0) is 17.0. The summed E-state index contributed by atoms with van der Waals surface area (Å²) in [6.45, 7) is 2.61. The lowest BCUT2D eigenvalue weighted by atomic mass is 9.97. The van der Waals surface area contributed by atoms with Crippen LogP contribution in [-0.4, -0.2) is 49.6 Å². The zero-order valence-electron chi connectivity index (χ0n) is 12.2. The van der Waals surface area contributed by atoms with Crippen LogP contribution in [0.5, 0.6) is 0 Å². The van der Waals surface area contributed by atoms with Gasteiger partial charge in [-0.1, -0.05) is 12.1 Å². The van der Waals surface area contributed by atoms with E-state index in [1.807, 2.05) is 4.90 Å². The van der Waals surface area contributed by atoms with Gasteiger partial charge in [0.05, 0.1) is 19.1 Å². The van der Waals surface area contributed by atoms with Crippen LogP contribution in [0.4, 0.5) is 17.6 Å². The largest absolute Gasteiger partial charge is 0.406 e.